The zero-order chi connectivity index (χ0) is 44.3. The SMILES string of the molecule is CC(C)(C)c1[c-]c2c(cc1)-c1ccc(C(C)(C)C)cc1C2.CC(C)(C)c1ccc([C](=[Zr+2])c2ccc(C(C)(C)C)cc2)cc1.Cc1cc(CC23CC4CC(CC(C4)C2)C3)c(C)[cH-]1.[Cl-].[Cl-]. The molecule has 0 aromatic heterocycles. The van der Waals surface area contributed by atoms with Crippen LogP contribution in [0.2, 0.25) is 0 Å². The fourth-order valence-electron chi connectivity index (χ4n) is 11.4. The van der Waals surface area contributed by atoms with Gasteiger partial charge in [-0.3, -0.25) is 0 Å². The quantitative estimate of drug-likeness (QED) is 0.155. The first kappa shape index (κ1) is 51.5. The van der Waals surface area contributed by atoms with Gasteiger partial charge in [-0.2, -0.15) is 46.5 Å². The molecule has 10 rings (SSSR count). The standard InChI is InChI=1S/C21H25.C21H26.C18H25.2ClH.Zr/c1-20(2,3)16-7-9-18-14(12-16)11-15-13-17(21(4,5)6)8-10-19(15)18;1-20(2,3)18-11-7-16(8-12-18)15-17-9-13-19(14-10-17)21(4,5)6;1-12-3-13(2)17(4-12)11-18-8-14-5-15(9-18)7-16(6-14)10-18;;;/h7-10,12H,11H2,1-6H3;7-14H,1-6H3;3-4,14-16H,5-11H2,1-2H3;2*1H;/q-1;;-1;;;+2/p-2. The molecule has 63 heavy (non-hydrogen) atoms. The van der Waals surface area contributed by atoms with Gasteiger partial charge in [0.2, 0.25) is 0 Å². The second kappa shape index (κ2) is 19.4. The van der Waals surface area contributed by atoms with Crippen LogP contribution in [0, 0.1) is 43.1 Å². The smallest absolute Gasteiger partial charge is 0.0363 e. The van der Waals surface area contributed by atoms with Gasteiger partial charge in [0.1, 0.15) is 0 Å². The third kappa shape index (κ3) is 12.1. The van der Waals surface area contributed by atoms with Gasteiger partial charge in [-0.1, -0.05) is 85.6 Å². The molecule has 0 saturated heterocycles. The molecule has 3 heteroatoms. The number of halogens is 2. The van der Waals surface area contributed by atoms with Gasteiger partial charge in [0.25, 0.3) is 0 Å². The minimum Gasteiger partial charge on any atom is -1.00 e. The maximum Gasteiger partial charge on any atom is -0.0363 e. The van der Waals surface area contributed by atoms with Crippen LogP contribution in [-0.4, -0.2) is 3.21 Å². The Labute approximate surface area is 411 Å². The average Bonchev–Trinajstić information content (AvgIpc) is 3.69. The number of benzene rings is 4. The number of hydrogen-bond donors (Lipinski definition) is 0. The fraction of sp³-hybridized carbons (Fsp3) is 0.500. The fourth-order valence-corrected chi connectivity index (χ4v) is 12.3. The number of fused-ring (bicyclic) bond motifs is 3. The summed E-state index contributed by atoms with van der Waals surface area (Å²) in [5.74, 6) is 3.27. The van der Waals surface area contributed by atoms with Crippen LogP contribution in [0.4, 0.5) is 0 Å². The van der Waals surface area contributed by atoms with Crippen LogP contribution in [0.3, 0.4) is 0 Å². The van der Waals surface area contributed by atoms with E-state index in [0.717, 1.165) is 24.2 Å². The molecular formula is C60H76Cl2Zr-2. The maximum absolute atomic E-state index is 3.67. The number of aryl methyl sites for hydroxylation is 2. The van der Waals surface area contributed by atoms with E-state index >= 15 is 0 Å². The first-order valence-corrected chi connectivity index (χ1v) is 24.8. The van der Waals surface area contributed by atoms with E-state index in [0.29, 0.717) is 5.41 Å². The molecule has 5 aromatic carbocycles. The van der Waals surface area contributed by atoms with Crippen LogP contribution in [0.25, 0.3) is 11.1 Å². The van der Waals surface area contributed by atoms with Gasteiger partial charge < -0.3 is 24.8 Å². The Kier molecular flexibility index (Phi) is 15.9. The van der Waals surface area contributed by atoms with Crippen molar-refractivity contribution in [1.82, 2.24) is 0 Å². The average molecular weight is 959 g/mol. The predicted molar refractivity (Wildman–Crippen MR) is 260 cm³/mol. The van der Waals surface area contributed by atoms with Crippen molar-refractivity contribution < 1.29 is 49.0 Å². The Balaban J connectivity index is 0.000000176. The van der Waals surface area contributed by atoms with E-state index in [1.165, 1.54) is 95.1 Å². The normalized spacial score (nSPS) is 20.9. The summed E-state index contributed by atoms with van der Waals surface area (Å²) in [6.45, 7) is 31.7. The van der Waals surface area contributed by atoms with Crippen LogP contribution in [-0.2, 0) is 58.7 Å². The van der Waals surface area contributed by atoms with Crippen molar-refractivity contribution in [1.29, 1.82) is 0 Å². The molecule has 4 fully saturated rings. The zero-order valence-corrected chi connectivity index (χ0v) is 45.3. The summed E-state index contributed by atoms with van der Waals surface area (Å²) in [6.07, 6.45) is 11.7. The van der Waals surface area contributed by atoms with Crippen molar-refractivity contribution in [3.05, 3.63) is 158 Å². The molecule has 0 atom stereocenters. The summed E-state index contributed by atoms with van der Waals surface area (Å²) in [5.41, 5.74) is 20.0. The van der Waals surface area contributed by atoms with Crippen LogP contribution >= 0.6 is 0 Å². The summed E-state index contributed by atoms with van der Waals surface area (Å²) in [4.78, 5) is 0. The minimum atomic E-state index is 0. The van der Waals surface area contributed by atoms with E-state index in [2.05, 4.69) is 194 Å². The van der Waals surface area contributed by atoms with Gasteiger partial charge in [-0.25, -0.2) is 6.07 Å². The van der Waals surface area contributed by atoms with E-state index in [4.69, 9.17) is 0 Å². The number of rotatable bonds is 4. The summed E-state index contributed by atoms with van der Waals surface area (Å²) in [6, 6.07) is 38.1. The summed E-state index contributed by atoms with van der Waals surface area (Å²) in [5, 5.41) is 0. The first-order valence-electron chi connectivity index (χ1n) is 23.6. The molecular weight excluding hydrogens is 883 g/mol. The molecule has 5 aromatic rings. The molecule has 0 radical (unpaired) electrons. The van der Waals surface area contributed by atoms with Crippen molar-refractivity contribution in [3.63, 3.8) is 0 Å². The molecule has 0 N–H and O–H groups in total. The van der Waals surface area contributed by atoms with Crippen molar-refractivity contribution in [2.45, 2.75) is 170 Å². The zero-order valence-electron chi connectivity index (χ0n) is 41.3. The molecule has 4 saturated carbocycles. The minimum absolute atomic E-state index is 0. The van der Waals surface area contributed by atoms with Crippen LogP contribution < -0.4 is 24.8 Å². The largest absolute Gasteiger partial charge is 1.00 e. The predicted octanol–water partition coefficient (Wildman–Crippen LogP) is 9.84. The van der Waals surface area contributed by atoms with Crippen molar-refractivity contribution >= 4 is 3.21 Å². The van der Waals surface area contributed by atoms with Gasteiger partial charge in [-0.15, -0.1) is 11.1 Å². The van der Waals surface area contributed by atoms with Gasteiger partial charge in [0, 0.05) is 0 Å². The van der Waals surface area contributed by atoms with E-state index in [-0.39, 0.29) is 46.5 Å². The Hall–Kier alpha value is -2.44. The Morgan fingerprint density at radius 1 is 0.587 bits per heavy atom. The molecule has 0 spiro atoms. The Morgan fingerprint density at radius 3 is 1.44 bits per heavy atom. The second-order valence-corrected chi connectivity index (χ2v) is 25.4. The third-order valence-electron chi connectivity index (χ3n) is 14.6. The second-order valence-electron chi connectivity index (χ2n) is 24.2. The molecule has 0 amide bonds. The Morgan fingerprint density at radius 2 is 1.03 bits per heavy atom. The van der Waals surface area contributed by atoms with Crippen LogP contribution in [0.5, 0.6) is 0 Å². The first-order chi connectivity index (χ1) is 28.4. The van der Waals surface area contributed by atoms with E-state index in [1.54, 1.807) is 49.7 Å². The molecule has 5 aliphatic rings. The van der Waals surface area contributed by atoms with Crippen molar-refractivity contribution in [2.24, 2.45) is 23.2 Å². The molecule has 0 heterocycles. The van der Waals surface area contributed by atoms with E-state index in [9.17, 15) is 0 Å². The third-order valence-corrected chi connectivity index (χ3v) is 16.0. The van der Waals surface area contributed by atoms with Gasteiger partial charge in [0.15, 0.2) is 0 Å². The topological polar surface area (TPSA) is 0 Å². The summed E-state index contributed by atoms with van der Waals surface area (Å²) < 4.78 is 1.42. The molecule has 0 aliphatic heterocycles. The monoisotopic (exact) mass is 956 g/mol. The van der Waals surface area contributed by atoms with Crippen molar-refractivity contribution in [2.75, 3.05) is 0 Å². The Bertz CT molecular complexity index is 2190. The van der Waals surface area contributed by atoms with Gasteiger partial charge >= 0.3 is 151 Å². The maximum atomic E-state index is 3.67. The van der Waals surface area contributed by atoms with E-state index < -0.39 is 0 Å². The van der Waals surface area contributed by atoms with Crippen LogP contribution in [0.1, 0.15) is 183 Å². The molecule has 4 bridgehead atoms. The molecule has 336 valence electrons. The molecule has 0 unspecified atom stereocenters. The van der Waals surface area contributed by atoms with Gasteiger partial charge in [0.05, 0.1) is 0 Å². The molecule has 5 aliphatic carbocycles. The molecule has 0 nitrogen and oxygen atoms in total. The van der Waals surface area contributed by atoms with Crippen molar-refractivity contribution in [3.8, 4) is 11.1 Å². The van der Waals surface area contributed by atoms with Crippen LogP contribution in [0.15, 0.2) is 91.0 Å². The number of hydrogen-bond acceptors (Lipinski definition) is 0. The summed E-state index contributed by atoms with van der Waals surface area (Å²) in [7, 11) is 0. The summed E-state index contributed by atoms with van der Waals surface area (Å²) >= 11 is 1.46. The van der Waals surface area contributed by atoms with E-state index in [1.807, 2.05) is 0 Å². The van der Waals surface area contributed by atoms with Gasteiger partial charge in [-0.05, 0) is 90.1 Å².